The van der Waals surface area contributed by atoms with E-state index in [4.69, 9.17) is 14.6 Å². The Morgan fingerprint density at radius 3 is 2.93 bits per heavy atom. The first-order valence-electron chi connectivity index (χ1n) is 9.37. The molecule has 2 aromatic rings. The molecule has 3 rings (SSSR count). The van der Waals surface area contributed by atoms with Crippen molar-refractivity contribution in [3.8, 4) is 5.75 Å². The highest BCUT2D eigenvalue weighted by Crippen LogP contribution is 2.28. The molecule has 3 N–H and O–H groups in total. The number of para-hydroxylation sites is 2. The van der Waals surface area contributed by atoms with E-state index in [1.165, 1.54) is 4.90 Å². The maximum absolute atomic E-state index is 13.2. The van der Waals surface area contributed by atoms with E-state index in [-0.39, 0.29) is 44.7 Å². The van der Waals surface area contributed by atoms with Crippen molar-refractivity contribution in [1.82, 2.24) is 15.2 Å². The van der Waals surface area contributed by atoms with Gasteiger partial charge in [0, 0.05) is 19.3 Å². The maximum Gasteiger partial charge on any atom is 0.258 e. The molecule has 0 saturated heterocycles. The molecule has 9 heteroatoms. The molecule has 2 amide bonds. The summed E-state index contributed by atoms with van der Waals surface area (Å²) in [5.74, 6) is 0.291. The molecule has 0 saturated carbocycles. The lowest BCUT2D eigenvalue weighted by atomic mass is 10.2. The van der Waals surface area contributed by atoms with Crippen LogP contribution in [0, 0.1) is 0 Å². The number of aliphatic hydroxyl groups excluding tert-OH is 1. The van der Waals surface area contributed by atoms with Gasteiger partial charge in [0.2, 0.25) is 5.91 Å². The first-order chi connectivity index (χ1) is 14.2. The van der Waals surface area contributed by atoms with E-state index in [1.807, 2.05) is 24.3 Å². The maximum atomic E-state index is 13.2. The van der Waals surface area contributed by atoms with Crippen LogP contribution >= 0.6 is 0 Å². The van der Waals surface area contributed by atoms with E-state index in [0.717, 1.165) is 0 Å². The number of ether oxygens (including phenoxy) is 2. The van der Waals surface area contributed by atoms with Crippen molar-refractivity contribution in [2.75, 3.05) is 51.4 Å². The quantitative estimate of drug-likeness (QED) is 0.695. The number of fused-ring (bicyclic) bond motifs is 2. The highest BCUT2D eigenvalue weighted by atomic mass is 16.5. The van der Waals surface area contributed by atoms with Crippen LogP contribution in [0.15, 0.2) is 42.6 Å². The van der Waals surface area contributed by atoms with Gasteiger partial charge >= 0.3 is 0 Å². The molecule has 0 atom stereocenters. The molecular formula is C20H24N4O5. The molecule has 0 radical (unpaired) electrons. The SMILES string of the molecule is O=C(CN1CCOCCOc2ccccc2Nc2ncccc2C1=O)NCCO. The van der Waals surface area contributed by atoms with Crippen molar-refractivity contribution in [3.63, 3.8) is 0 Å². The lowest BCUT2D eigenvalue weighted by Crippen LogP contribution is -2.43. The minimum atomic E-state index is -0.358. The Morgan fingerprint density at radius 2 is 2.07 bits per heavy atom. The number of carbonyl (C=O) groups is 2. The summed E-state index contributed by atoms with van der Waals surface area (Å²) in [5, 5.41) is 14.6. The van der Waals surface area contributed by atoms with Crippen LogP contribution < -0.4 is 15.4 Å². The molecule has 0 spiro atoms. The summed E-state index contributed by atoms with van der Waals surface area (Å²) in [6.07, 6.45) is 1.59. The number of nitrogens with zero attached hydrogens (tertiary/aromatic N) is 2. The Morgan fingerprint density at radius 1 is 1.21 bits per heavy atom. The fourth-order valence-corrected chi connectivity index (χ4v) is 2.84. The summed E-state index contributed by atoms with van der Waals surface area (Å²) in [7, 11) is 0. The van der Waals surface area contributed by atoms with Gasteiger partial charge in [0.05, 0.1) is 37.6 Å². The van der Waals surface area contributed by atoms with E-state index in [1.54, 1.807) is 18.3 Å². The number of anilines is 2. The van der Waals surface area contributed by atoms with Crippen molar-refractivity contribution in [3.05, 3.63) is 48.2 Å². The van der Waals surface area contributed by atoms with Crippen LogP contribution in [0.4, 0.5) is 11.5 Å². The normalized spacial score (nSPS) is 14.8. The van der Waals surface area contributed by atoms with Crippen LogP contribution in [-0.2, 0) is 9.53 Å². The number of aromatic nitrogens is 1. The van der Waals surface area contributed by atoms with Gasteiger partial charge in [-0.05, 0) is 24.3 Å². The van der Waals surface area contributed by atoms with Crippen LogP contribution in [0.2, 0.25) is 0 Å². The average Bonchev–Trinajstić information content (AvgIpc) is 2.75. The van der Waals surface area contributed by atoms with E-state index in [9.17, 15) is 9.59 Å². The second-order valence-corrected chi connectivity index (χ2v) is 6.28. The predicted octanol–water partition coefficient (Wildman–Crippen LogP) is 0.785. The molecule has 9 nitrogen and oxygen atoms in total. The van der Waals surface area contributed by atoms with Crippen molar-refractivity contribution in [2.24, 2.45) is 0 Å². The molecule has 0 bridgehead atoms. The van der Waals surface area contributed by atoms with Crippen molar-refractivity contribution in [2.45, 2.75) is 0 Å². The third-order valence-electron chi connectivity index (χ3n) is 4.22. The molecule has 1 aromatic heterocycles. The molecule has 154 valence electrons. The molecular weight excluding hydrogens is 376 g/mol. The Bertz CT molecular complexity index is 845. The number of rotatable bonds is 4. The Kier molecular flexibility index (Phi) is 7.37. The largest absolute Gasteiger partial charge is 0.489 e. The third kappa shape index (κ3) is 5.66. The van der Waals surface area contributed by atoms with Crippen molar-refractivity contribution >= 4 is 23.3 Å². The molecule has 1 aliphatic heterocycles. The lowest BCUT2D eigenvalue weighted by Gasteiger charge is -2.23. The van der Waals surface area contributed by atoms with Gasteiger partial charge in [0.15, 0.2) is 0 Å². The molecule has 0 aliphatic carbocycles. The summed E-state index contributed by atoms with van der Waals surface area (Å²) in [6, 6.07) is 10.7. The number of aliphatic hydroxyl groups is 1. The smallest absolute Gasteiger partial charge is 0.258 e. The number of carbonyl (C=O) groups excluding carboxylic acids is 2. The zero-order valence-corrected chi connectivity index (χ0v) is 16.0. The van der Waals surface area contributed by atoms with E-state index in [0.29, 0.717) is 36.0 Å². The summed E-state index contributed by atoms with van der Waals surface area (Å²) in [4.78, 5) is 31.0. The number of amides is 2. The number of hydrogen-bond acceptors (Lipinski definition) is 7. The van der Waals surface area contributed by atoms with Crippen LogP contribution in [-0.4, -0.2) is 72.9 Å². The highest BCUT2D eigenvalue weighted by molar-refractivity contribution is 6.01. The monoisotopic (exact) mass is 400 g/mol. The Balaban J connectivity index is 1.89. The molecule has 0 fully saturated rings. The van der Waals surface area contributed by atoms with Crippen LogP contribution in [0.3, 0.4) is 0 Å². The van der Waals surface area contributed by atoms with Gasteiger partial charge in [-0.3, -0.25) is 9.59 Å². The third-order valence-corrected chi connectivity index (χ3v) is 4.22. The van der Waals surface area contributed by atoms with Crippen LogP contribution in [0.1, 0.15) is 10.4 Å². The topological polar surface area (TPSA) is 113 Å². The average molecular weight is 400 g/mol. The summed E-state index contributed by atoms with van der Waals surface area (Å²) in [5.41, 5.74) is 1.00. The lowest BCUT2D eigenvalue weighted by molar-refractivity contribution is -0.122. The van der Waals surface area contributed by atoms with Gasteiger partial charge in [-0.15, -0.1) is 0 Å². The van der Waals surface area contributed by atoms with E-state index in [2.05, 4.69) is 15.6 Å². The predicted molar refractivity (Wildman–Crippen MR) is 106 cm³/mol. The summed E-state index contributed by atoms with van der Waals surface area (Å²) >= 11 is 0. The van der Waals surface area contributed by atoms with Crippen LogP contribution in [0.5, 0.6) is 5.75 Å². The Hall–Kier alpha value is -3.17. The Labute approximate surface area is 168 Å². The van der Waals surface area contributed by atoms with Gasteiger partial charge in [0.25, 0.3) is 5.91 Å². The number of hydrogen-bond donors (Lipinski definition) is 3. The summed E-state index contributed by atoms with van der Waals surface area (Å²) < 4.78 is 11.3. The van der Waals surface area contributed by atoms with Gasteiger partial charge in [-0.2, -0.15) is 0 Å². The van der Waals surface area contributed by atoms with Gasteiger partial charge in [0.1, 0.15) is 18.2 Å². The number of nitrogens with one attached hydrogen (secondary N) is 2. The van der Waals surface area contributed by atoms with E-state index < -0.39 is 0 Å². The zero-order chi connectivity index (χ0) is 20.5. The second-order valence-electron chi connectivity index (χ2n) is 6.28. The highest BCUT2D eigenvalue weighted by Gasteiger charge is 2.22. The first kappa shape index (κ1) is 20.6. The number of benzene rings is 1. The summed E-state index contributed by atoms with van der Waals surface area (Å²) in [6.45, 7) is 0.990. The first-order valence-corrected chi connectivity index (χ1v) is 9.37. The van der Waals surface area contributed by atoms with Crippen molar-refractivity contribution in [1.29, 1.82) is 0 Å². The standard InChI is InChI=1S/C20H24N4O5/c25-10-8-21-18(26)14-24-9-11-28-12-13-29-17-6-2-1-5-16(17)23-19-15(20(24)27)4-3-7-22-19/h1-7,25H,8-14H2,(H,21,26)(H,22,23). The number of pyridine rings is 1. The molecule has 1 aromatic carbocycles. The minimum absolute atomic E-state index is 0.130. The van der Waals surface area contributed by atoms with Crippen molar-refractivity contribution < 1.29 is 24.2 Å². The fraction of sp³-hybridized carbons (Fsp3) is 0.350. The molecule has 1 aliphatic rings. The second kappa shape index (κ2) is 10.4. The van der Waals surface area contributed by atoms with Gasteiger partial charge in [-0.1, -0.05) is 12.1 Å². The van der Waals surface area contributed by atoms with E-state index >= 15 is 0 Å². The molecule has 0 unspecified atom stereocenters. The fourth-order valence-electron chi connectivity index (χ4n) is 2.84. The van der Waals surface area contributed by atoms with Gasteiger partial charge < -0.3 is 30.1 Å². The minimum Gasteiger partial charge on any atom is -0.489 e. The van der Waals surface area contributed by atoms with Gasteiger partial charge in [-0.25, -0.2) is 4.98 Å². The van der Waals surface area contributed by atoms with Crippen LogP contribution in [0.25, 0.3) is 0 Å². The molecule has 29 heavy (non-hydrogen) atoms. The molecule has 2 heterocycles. The zero-order valence-electron chi connectivity index (χ0n) is 16.0.